The van der Waals surface area contributed by atoms with Crippen molar-refractivity contribution < 1.29 is 71.5 Å². The number of esters is 1. The number of carbonyl (C=O) groups is 1. The van der Waals surface area contributed by atoms with Gasteiger partial charge in [0.15, 0.2) is 18.7 Å². The summed E-state index contributed by atoms with van der Waals surface area (Å²) in [6, 6.07) is -0.271. The lowest BCUT2D eigenvalue weighted by Gasteiger charge is -2.53. The lowest BCUT2D eigenvalue weighted by molar-refractivity contribution is -0.335. The highest BCUT2D eigenvalue weighted by Gasteiger charge is 2.58. The number of hydrogen-bond acceptors (Lipinski definition) is 16. The molecule has 0 amide bonds. The number of carbonyl (C=O) groups excluding carboxylic acids is 1. The molecule has 16 nitrogen and oxygen atoms in total. The fourth-order valence-electron chi connectivity index (χ4n) is 10.1. The molecule has 0 radical (unpaired) electrons. The van der Waals surface area contributed by atoms with Crippen LogP contribution in [0.5, 0.6) is 5.75 Å². The van der Waals surface area contributed by atoms with Crippen LogP contribution in [-0.4, -0.2) is 167 Å². The maximum Gasteiger partial charge on any atom is 0.418 e. The summed E-state index contributed by atoms with van der Waals surface area (Å²) in [6.07, 6.45) is -11.0. The van der Waals surface area contributed by atoms with Crippen molar-refractivity contribution in [3.63, 3.8) is 0 Å². The number of aromatic nitrogens is 1. The molecule has 18 atom stereocenters. The van der Waals surface area contributed by atoms with Gasteiger partial charge in [0.1, 0.15) is 34.8 Å². The third kappa shape index (κ3) is 12.9. The smallest absolute Gasteiger partial charge is 0.418 e. The summed E-state index contributed by atoms with van der Waals surface area (Å²) in [4.78, 5) is 20.2. The minimum Gasteiger partial charge on any atom is -0.482 e. The second kappa shape index (κ2) is 22.7. The lowest BCUT2D eigenvalue weighted by atomic mass is 9.75. The zero-order valence-electron chi connectivity index (χ0n) is 41.6. The van der Waals surface area contributed by atoms with E-state index in [-0.39, 0.29) is 44.0 Å². The van der Waals surface area contributed by atoms with Crippen LogP contribution in [0.15, 0.2) is 18.5 Å². The number of pyridine rings is 1. The Morgan fingerprint density at radius 3 is 2.24 bits per heavy atom. The molecule has 66 heavy (non-hydrogen) atoms. The number of rotatable bonds is 13. The first-order chi connectivity index (χ1) is 30.6. The molecule has 19 heteroatoms. The number of aliphatic hydroxyl groups is 4. The van der Waals surface area contributed by atoms with Crippen LogP contribution in [0, 0.1) is 17.8 Å². The highest BCUT2D eigenvalue weighted by atomic mass is 19.4. The molecule has 1 aromatic heterocycles. The Balaban J connectivity index is 1.88. The van der Waals surface area contributed by atoms with E-state index in [4.69, 9.17) is 33.2 Å². The number of nitrogens with one attached hydrogen (secondary N) is 2. The van der Waals surface area contributed by atoms with Crippen LogP contribution in [-0.2, 0) is 39.4 Å². The van der Waals surface area contributed by atoms with Gasteiger partial charge in [-0.15, -0.1) is 0 Å². The van der Waals surface area contributed by atoms with Crippen LogP contribution in [0.1, 0.15) is 114 Å². The number of hydrogen-bond donors (Lipinski definition) is 6. The van der Waals surface area contributed by atoms with Crippen molar-refractivity contribution in [2.24, 2.45) is 17.8 Å². The Hall–Kier alpha value is -2.27. The van der Waals surface area contributed by atoms with Gasteiger partial charge in [0, 0.05) is 38.2 Å². The standard InChI is InChI=1S/C47H81F3N4O12/c1-15-17-51-25-46(59)31(8)62-36(21-44(46,10)60-14)65-37-28(5)40(43(9,57)20-26(3)22-53-30(7)39(55)45(11,58)35(16-2)64-41(56)29(37)6)66-42-38(34(54(12)13)18-27(4)61-42)63-33-19-32(23-52-24-33)47(48,49)50/h19,23-24,26-31,34-40,42,51,53,55,57-59H,15-18,20-22,25H2,1-14H3/t26-,27-,28+,29-,30-,31+,34+,35-,36+,37+,38-,39-,40-,42+,43-,44-,45-,46+/m1/s1. The van der Waals surface area contributed by atoms with E-state index in [0.29, 0.717) is 19.2 Å². The molecule has 0 bridgehead atoms. The summed E-state index contributed by atoms with van der Waals surface area (Å²) < 4.78 is 87.0. The molecule has 3 aliphatic heterocycles. The Bertz CT molecular complexity index is 1700. The summed E-state index contributed by atoms with van der Waals surface area (Å²) in [6.45, 7) is 20.1. The highest BCUT2D eigenvalue weighted by Crippen LogP contribution is 2.44. The van der Waals surface area contributed by atoms with Gasteiger partial charge in [0.05, 0.1) is 53.7 Å². The van der Waals surface area contributed by atoms with E-state index in [0.717, 1.165) is 12.5 Å². The quantitative estimate of drug-likeness (QED) is 0.120. The maximum atomic E-state index is 14.6. The topological polar surface area (TPSA) is 203 Å². The first-order valence-corrected chi connectivity index (χ1v) is 23.6. The van der Waals surface area contributed by atoms with Gasteiger partial charge in [-0.1, -0.05) is 27.7 Å². The number of halogens is 3. The summed E-state index contributed by atoms with van der Waals surface area (Å²) in [5.41, 5.74) is -7.35. The van der Waals surface area contributed by atoms with E-state index in [1.165, 1.54) is 20.2 Å². The number of methoxy groups -OCH3 is 1. The average molecular weight is 951 g/mol. The van der Waals surface area contributed by atoms with E-state index in [9.17, 15) is 38.4 Å². The van der Waals surface area contributed by atoms with E-state index in [1.54, 1.807) is 48.5 Å². The summed E-state index contributed by atoms with van der Waals surface area (Å²) in [5.74, 6) is -3.30. The van der Waals surface area contributed by atoms with E-state index in [1.807, 2.05) is 39.8 Å². The Kier molecular flexibility index (Phi) is 19.3. The van der Waals surface area contributed by atoms with Gasteiger partial charge in [0.2, 0.25) is 0 Å². The average Bonchev–Trinajstić information content (AvgIpc) is 3.23. The van der Waals surface area contributed by atoms with Crippen LogP contribution < -0.4 is 15.4 Å². The van der Waals surface area contributed by atoms with Gasteiger partial charge in [-0.2, -0.15) is 13.2 Å². The number of cyclic esters (lactones) is 1. The molecule has 3 saturated heterocycles. The first kappa shape index (κ1) is 56.3. The molecule has 0 saturated carbocycles. The van der Waals surface area contributed by atoms with Crippen molar-refractivity contribution in [3.05, 3.63) is 24.0 Å². The van der Waals surface area contributed by atoms with E-state index in [2.05, 4.69) is 15.6 Å². The van der Waals surface area contributed by atoms with Crippen molar-refractivity contribution in [2.75, 3.05) is 40.8 Å². The number of alkyl halides is 3. The fraction of sp³-hybridized carbons (Fsp3) is 0.872. The minimum absolute atomic E-state index is 0.0127. The van der Waals surface area contributed by atoms with Gasteiger partial charge >= 0.3 is 12.1 Å². The third-order valence-corrected chi connectivity index (χ3v) is 14.3. The molecule has 4 heterocycles. The van der Waals surface area contributed by atoms with Crippen LogP contribution in [0.4, 0.5) is 13.2 Å². The summed E-state index contributed by atoms with van der Waals surface area (Å²) in [5, 5.41) is 54.8. The van der Waals surface area contributed by atoms with Gasteiger partial charge in [0.25, 0.3) is 0 Å². The molecule has 0 spiro atoms. The largest absolute Gasteiger partial charge is 0.482 e. The van der Waals surface area contributed by atoms with Gasteiger partial charge in [-0.3, -0.25) is 9.78 Å². The molecule has 6 N–H and O–H groups in total. The molecule has 3 aliphatic rings. The molecule has 0 aromatic carbocycles. The molecule has 4 rings (SSSR count). The van der Waals surface area contributed by atoms with Crippen molar-refractivity contribution in [1.82, 2.24) is 20.5 Å². The lowest BCUT2D eigenvalue weighted by Crippen LogP contribution is -2.70. The molecular formula is C47H81F3N4O12. The predicted octanol–water partition coefficient (Wildman–Crippen LogP) is 4.43. The number of ether oxygens (including phenoxy) is 7. The second-order valence-electron chi connectivity index (χ2n) is 20.2. The molecular weight excluding hydrogens is 870 g/mol. The van der Waals surface area contributed by atoms with E-state index < -0.39 is 119 Å². The molecule has 0 unspecified atom stereocenters. The van der Waals surface area contributed by atoms with Crippen molar-refractivity contribution in [1.29, 1.82) is 0 Å². The third-order valence-electron chi connectivity index (χ3n) is 14.3. The molecule has 1 aromatic rings. The van der Waals surface area contributed by atoms with Crippen LogP contribution in [0.3, 0.4) is 0 Å². The number of aliphatic hydroxyl groups excluding tert-OH is 1. The highest BCUT2D eigenvalue weighted by molar-refractivity contribution is 5.73. The van der Waals surface area contributed by atoms with Crippen LogP contribution in [0.2, 0.25) is 0 Å². The van der Waals surface area contributed by atoms with E-state index >= 15 is 0 Å². The van der Waals surface area contributed by atoms with Gasteiger partial charge in [-0.25, -0.2) is 0 Å². The summed E-state index contributed by atoms with van der Waals surface area (Å²) in [7, 11) is 5.12. The predicted molar refractivity (Wildman–Crippen MR) is 239 cm³/mol. The Labute approximate surface area is 389 Å². The number of likely N-dealkylation sites (N-methyl/N-ethyl adjacent to an activating group) is 1. The zero-order valence-corrected chi connectivity index (χ0v) is 41.6. The summed E-state index contributed by atoms with van der Waals surface area (Å²) >= 11 is 0. The van der Waals surface area contributed by atoms with Crippen molar-refractivity contribution in [3.8, 4) is 5.75 Å². The number of nitrogens with zero attached hydrogens (tertiary/aromatic N) is 2. The van der Waals surface area contributed by atoms with Gasteiger partial charge < -0.3 is 69.1 Å². The molecule has 0 aliphatic carbocycles. The van der Waals surface area contributed by atoms with Crippen molar-refractivity contribution in [2.45, 2.75) is 204 Å². The Morgan fingerprint density at radius 2 is 1.65 bits per heavy atom. The molecule has 382 valence electrons. The second-order valence-corrected chi connectivity index (χ2v) is 20.2. The van der Waals surface area contributed by atoms with Crippen LogP contribution >= 0.6 is 0 Å². The SMILES string of the molecule is CCCNC[C@]1(O)[C@H](C)O[C@@H](O[C@H]2[C@H](C)[C@@H](O[C@@H]3O[C@H](C)C[C@H](N(C)C)[C@H]3Oc3cncc(C(F)(F)F)c3)[C@](C)(O)C[C@@H](C)CN[C@H](C)[C@@H](O)[C@](C)(O)[C@@H](CC)OC(=O)[C@@H]2C)C[C@@]1(C)OC. The normalized spacial score (nSPS) is 42.6. The first-order valence-electron chi connectivity index (χ1n) is 23.6. The van der Waals surface area contributed by atoms with Crippen LogP contribution in [0.25, 0.3) is 0 Å². The zero-order chi connectivity index (χ0) is 49.7. The van der Waals surface area contributed by atoms with Crippen molar-refractivity contribution >= 4 is 5.97 Å². The maximum absolute atomic E-state index is 14.6. The minimum atomic E-state index is -4.69. The molecule has 3 fully saturated rings. The monoisotopic (exact) mass is 951 g/mol. The Morgan fingerprint density at radius 1 is 0.985 bits per heavy atom. The van der Waals surface area contributed by atoms with Gasteiger partial charge in [-0.05, 0) is 113 Å². The fourth-order valence-corrected chi connectivity index (χ4v) is 10.1.